The fourth-order valence-electron chi connectivity index (χ4n) is 2.49. The van der Waals surface area contributed by atoms with Crippen LogP contribution in [-0.2, 0) is 24.1 Å². The maximum atomic E-state index is 10.4. The molecule has 2 N–H and O–H groups in total. The van der Waals surface area contributed by atoms with Crippen molar-refractivity contribution in [2.75, 3.05) is 0 Å². The monoisotopic (exact) mass is 234 g/mol. The molecule has 0 atom stereocenters. The van der Waals surface area contributed by atoms with Gasteiger partial charge in [-0.25, -0.2) is 0 Å². The minimum Gasteiger partial charge on any atom is -0.507 e. The first-order chi connectivity index (χ1) is 8.18. The van der Waals surface area contributed by atoms with Crippen LogP contribution in [0.5, 0.6) is 5.75 Å². The van der Waals surface area contributed by atoms with E-state index in [4.69, 9.17) is 5.11 Å². The van der Waals surface area contributed by atoms with E-state index in [9.17, 15) is 9.90 Å². The fraction of sp³-hybridized carbons (Fsp3) is 0.500. The molecule has 3 heteroatoms. The van der Waals surface area contributed by atoms with E-state index in [-0.39, 0.29) is 6.42 Å². The summed E-state index contributed by atoms with van der Waals surface area (Å²) in [6.45, 7) is 0. The summed E-state index contributed by atoms with van der Waals surface area (Å²) in [7, 11) is 0. The standard InChI is InChI=1S/C14H18O3/c15-13(16)7-3-5-11-9-8-10-4-1-2-6-12(10)14(11)17/h8-9,17H,1-7H2,(H,15,16). The lowest BCUT2D eigenvalue weighted by Crippen LogP contribution is -2.04. The number of benzene rings is 1. The molecule has 17 heavy (non-hydrogen) atoms. The van der Waals surface area contributed by atoms with Gasteiger partial charge in [0.2, 0.25) is 0 Å². The predicted octanol–water partition coefficient (Wildman–Crippen LogP) is 2.68. The van der Waals surface area contributed by atoms with Gasteiger partial charge in [0.25, 0.3) is 0 Å². The van der Waals surface area contributed by atoms with Gasteiger partial charge in [-0.3, -0.25) is 4.79 Å². The maximum Gasteiger partial charge on any atom is 0.303 e. The number of aryl methyl sites for hydroxylation is 2. The van der Waals surface area contributed by atoms with Crippen LogP contribution in [0.2, 0.25) is 0 Å². The van der Waals surface area contributed by atoms with Crippen molar-refractivity contribution >= 4 is 5.97 Å². The minimum absolute atomic E-state index is 0.163. The number of phenols is 1. The van der Waals surface area contributed by atoms with Crippen molar-refractivity contribution < 1.29 is 15.0 Å². The van der Waals surface area contributed by atoms with Crippen LogP contribution in [-0.4, -0.2) is 16.2 Å². The number of carboxylic acid groups (broad SMARTS) is 1. The molecular formula is C14H18O3. The summed E-state index contributed by atoms with van der Waals surface area (Å²) in [6, 6.07) is 4.03. The Balaban J connectivity index is 2.10. The highest BCUT2D eigenvalue weighted by Crippen LogP contribution is 2.32. The van der Waals surface area contributed by atoms with Crippen molar-refractivity contribution in [2.45, 2.75) is 44.9 Å². The number of aromatic hydroxyl groups is 1. The summed E-state index contributed by atoms with van der Waals surface area (Å²) in [4.78, 5) is 10.4. The fourth-order valence-corrected chi connectivity index (χ4v) is 2.49. The van der Waals surface area contributed by atoms with Gasteiger partial charge in [0.15, 0.2) is 0 Å². The van der Waals surface area contributed by atoms with Crippen LogP contribution in [0.1, 0.15) is 42.4 Å². The van der Waals surface area contributed by atoms with Crippen LogP contribution in [0.15, 0.2) is 12.1 Å². The molecule has 0 heterocycles. The third-order valence-corrected chi connectivity index (χ3v) is 3.42. The maximum absolute atomic E-state index is 10.4. The van der Waals surface area contributed by atoms with E-state index < -0.39 is 5.97 Å². The van der Waals surface area contributed by atoms with Gasteiger partial charge < -0.3 is 10.2 Å². The van der Waals surface area contributed by atoms with Crippen LogP contribution in [0.25, 0.3) is 0 Å². The highest BCUT2D eigenvalue weighted by molar-refractivity contribution is 5.66. The van der Waals surface area contributed by atoms with Crippen LogP contribution >= 0.6 is 0 Å². The topological polar surface area (TPSA) is 57.5 Å². The molecule has 0 saturated heterocycles. The highest BCUT2D eigenvalue weighted by Gasteiger charge is 2.15. The van der Waals surface area contributed by atoms with Gasteiger partial charge in [-0.1, -0.05) is 12.1 Å². The summed E-state index contributed by atoms with van der Waals surface area (Å²) in [6.07, 6.45) is 5.74. The Kier molecular flexibility index (Phi) is 3.67. The van der Waals surface area contributed by atoms with Gasteiger partial charge in [0.1, 0.15) is 5.75 Å². The van der Waals surface area contributed by atoms with E-state index in [0.29, 0.717) is 18.6 Å². The lowest BCUT2D eigenvalue weighted by Gasteiger charge is -2.18. The summed E-state index contributed by atoms with van der Waals surface area (Å²) in [5.41, 5.74) is 3.24. The number of rotatable bonds is 4. The summed E-state index contributed by atoms with van der Waals surface area (Å²) >= 11 is 0. The number of hydrogen-bond acceptors (Lipinski definition) is 2. The molecule has 92 valence electrons. The Bertz CT molecular complexity index is 424. The molecule has 0 unspecified atom stereocenters. The normalized spacial score (nSPS) is 14.4. The SMILES string of the molecule is O=C(O)CCCc1ccc2c(c1O)CCCC2. The largest absolute Gasteiger partial charge is 0.507 e. The number of carbonyl (C=O) groups is 1. The molecule has 2 rings (SSSR count). The number of carboxylic acids is 1. The number of fused-ring (bicyclic) bond motifs is 1. The minimum atomic E-state index is -0.776. The smallest absolute Gasteiger partial charge is 0.303 e. The zero-order chi connectivity index (χ0) is 12.3. The quantitative estimate of drug-likeness (QED) is 0.842. The molecule has 1 aliphatic rings. The highest BCUT2D eigenvalue weighted by atomic mass is 16.4. The number of hydrogen-bond donors (Lipinski definition) is 2. The molecule has 0 bridgehead atoms. The van der Waals surface area contributed by atoms with Crippen LogP contribution < -0.4 is 0 Å². The van der Waals surface area contributed by atoms with Crippen molar-refractivity contribution in [1.29, 1.82) is 0 Å². The second-order valence-corrected chi connectivity index (χ2v) is 4.67. The Morgan fingerprint density at radius 1 is 1.24 bits per heavy atom. The van der Waals surface area contributed by atoms with Crippen molar-refractivity contribution in [3.05, 3.63) is 28.8 Å². The molecule has 0 spiro atoms. The molecule has 0 aliphatic heterocycles. The van der Waals surface area contributed by atoms with Crippen molar-refractivity contribution in [2.24, 2.45) is 0 Å². The molecule has 0 saturated carbocycles. The van der Waals surface area contributed by atoms with E-state index in [0.717, 1.165) is 30.4 Å². The van der Waals surface area contributed by atoms with E-state index in [1.54, 1.807) is 0 Å². The molecule has 0 aromatic heterocycles. The average molecular weight is 234 g/mol. The predicted molar refractivity (Wildman–Crippen MR) is 65.3 cm³/mol. The Labute approximate surface area is 101 Å². The zero-order valence-electron chi connectivity index (χ0n) is 9.91. The van der Waals surface area contributed by atoms with Gasteiger partial charge in [-0.2, -0.15) is 0 Å². The Morgan fingerprint density at radius 2 is 2.00 bits per heavy atom. The first-order valence-corrected chi connectivity index (χ1v) is 6.23. The summed E-state index contributed by atoms with van der Waals surface area (Å²) < 4.78 is 0. The van der Waals surface area contributed by atoms with Gasteiger partial charge >= 0.3 is 5.97 Å². The molecule has 1 aromatic carbocycles. The van der Waals surface area contributed by atoms with Crippen molar-refractivity contribution in [1.82, 2.24) is 0 Å². The first kappa shape index (κ1) is 12.0. The molecule has 0 amide bonds. The second kappa shape index (κ2) is 5.21. The third kappa shape index (κ3) is 2.78. The molecule has 0 fully saturated rings. The van der Waals surface area contributed by atoms with E-state index in [2.05, 4.69) is 6.07 Å². The van der Waals surface area contributed by atoms with Gasteiger partial charge in [-0.05, 0) is 55.2 Å². The van der Waals surface area contributed by atoms with Gasteiger partial charge in [0.05, 0.1) is 0 Å². The number of aliphatic carboxylic acids is 1. The molecule has 1 aromatic rings. The van der Waals surface area contributed by atoms with E-state index in [1.807, 2.05) is 6.07 Å². The van der Waals surface area contributed by atoms with Gasteiger partial charge in [0, 0.05) is 6.42 Å². The summed E-state index contributed by atoms with van der Waals surface area (Å²) in [5, 5.41) is 18.7. The first-order valence-electron chi connectivity index (χ1n) is 6.23. The molecular weight excluding hydrogens is 216 g/mol. The molecule has 1 aliphatic carbocycles. The van der Waals surface area contributed by atoms with E-state index in [1.165, 1.54) is 12.0 Å². The van der Waals surface area contributed by atoms with Crippen LogP contribution in [0.3, 0.4) is 0 Å². The van der Waals surface area contributed by atoms with Crippen LogP contribution in [0, 0.1) is 0 Å². The second-order valence-electron chi connectivity index (χ2n) is 4.67. The Hall–Kier alpha value is -1.51. The zero-order valence-corrected chi connectivity index (χ0v) is 9.91. The van der Waals surface area contributed by atoms with E-state index >= 15 is 0 Å². The van der Waals surface area contributed by atoms with Crippen molar-refractivity contribution in [3.63, 3.8) is 0 Å². The summed E-state index contributed by atoms with van der Waals surface area (Å²) in [5.74, 6) is -0.366. The van der Waals surface area contributed by atoms with Gasteiger partial charge in [-0.15, -0.1) is 0 Å². The third-order valence-electron chi connectivity index (χ3n) is 3.42. The molecule has 0 radical (unpaired) electrons. The molecule has 3 nitrogen and oxygen atoms in total. The lowest BCUT2D eigenvalue weighted by molar-refractivity contribution is -0.137. The Morgan fingerprint density at radius 3 is 2.76 bits per heavy atom. The average Bonchev–Trinajstić information content (AvgIpc) is 2.32. The lowest BCUT2D eigenvalue weighted by atomic mass is 9.88. The number of phenolic OH excluding ortho intramolecular Hbond substituents is 1. The van der Waals surface area contributed by atoms with Crippen molar-refractivity contribution in [3.8, 4) is 5.75 Å². The van der Waals surface area contributed by atoms with Crippen LogP contribution in [0.4, 0.5) is 0 Å².